The molecule has 19 heavy (non-hydrogen) atoms. The molecular weight excluding hydrogens is 264 g/mol. The van der Waals surface area contributed by atoms with Crippen LogP contribution in [0.1, 0.15) is 36.5 Å². The van der Waals surface area contributed by atoms with Crippen LogP contribution in [0.15, 0.2) is 18.2 Å². The van der Waals surface area contributed by atoms with Crippen LogP contribution in [-0.4, -0.2) is 31.6 Å². The first kappa shape index (κ1) is 14.3. The predicted octanol–water partition coefficient (Wildman–Crippen LogP) is 2.00. The highest BCUT2D eigenvalue weighted by molar-refractivity contribution is 7.92. The molecule has 0 amide bonds. The Hall–Kier alpha value is -1.07. The molecule has 2 atom stereocenters. The van der Waals surface area contributed by atoms with Crippen LogP contribution >= 0.6 is 0 Å². The minimum Gasteiger partial charge on any atom is -0.496 e. The Balaban J connectivity index is 2.38. The van der Waals surface area contributed by atoms with Gasteiger partial charge in [0, 0.05) is 5.56 Å². The quantitative estimate of drug-likeness (QED) is 0.922. The number of ether oxygens (including phenoxy) is 1. The van der Waals surface area contributed by atoms with E-state index in [-0.39, 0.29) is 5.75 Å². The van der Waals surface area contributed by atoms with Crippen LogP contribution in [0.5, 0.6) is 5.75 Å². The van der Waals surface area contributed by atoms with Crippen molar-refractivity contribution in [3.8, 4) is 5.75 Å². The summed E-state index contributed by atoms with van der Waals surface area (Å²) in [5.74, 6) is 0.710. The summed E-state index contributed by atoms with van der Waals surface area (Å²) in [5, 5.41) is 9.75. The van der Waals surface area contributed by atoms with Crippen molar-refractivity contribution >= 4 is 9.84 Å². The third-order valence-corrected chi connectivity index (χ3v) is 5.96. The van der Waals surface area contributed by atoms with E-state index in [9.17, 15) is 13.5 Å². The number of rotatable bonds is 3. The molecule has 4 nitrogen and oxygen atoms in total. The fourth-order valence-electron chi connectivity index (χ4n) is 2.62. The second-order valence-corrected chi connectivity index (χ2v) is 7.43. The summed E-state index contributed by atoms with van der Waals surface area (Å²) < 4.78 is 29.4. The smallest absolute Gasteiger partial charge is 0.156 e. The van der Waals surface area contributed by atoms with Crippen molar-refractivity contribution in [3.63, 3.8) is 0 Å². The summed E-state index contributed by atoms with van der Waals surface area (Å²) in [6.07, 6.45) is 1.03. The van der Waals surface area contributed by atoms with Crippen LogP contribution < -0.4 is 4.74 Å². The van der Waals surface area contributed by atoms with Crippen molar-refractivity contribution in [2.45, 2.75) is 37.5 Å². The van der Waals surface area contributed by atoms with Gasteiger partial charge in [-0.1, -0.05) is 18.1 Å². The third-order valence-electron chi connectivity index (χ3n) is 3.68. The van der Waals surface area contributed by atoms with Crippen LogP contribution in [0.4, 0.5) is 0 Å². The maximum absolute atomic E-state index is 12.1. The van der Waals surface area contributed by atoms with Crippen LogP contribution in [-0.2, 0) is 9.84 Å². The largest absolute Gasteiger partial charge is 0.496 e. The standard InChI is InChI=1S/C14H20O4S/c1-10-6-7-12(18-2)11(9-10)14(15)13-5-3-4-8-19(13,16)17/h6-7,9,13-15H,3-5,8H2,1-2H3. The SMILES string of the molecule is COc1ccc(C)cc1C(O)C1CCCCS1(=O)=O. The molecular formula is C14H20O4S. The molecule has 0 aliphatic carbocycles. The van der Waals surface area contributed by atoms with Gasteiger partial charge in [-0.25, -0.2) is 8.42 Å². The van der Waals surface area contributed by atoms with Crippen molar-refractivity contribution in [3.05, 3.63) is 29.3 Å². The Morgan fingerprint density at radius 2 is 2.11 bits per heavy atom. The molecule has 0 aromatic heterocycles. The maximum Gasteiger partial charge on any atom is 0.156 e. The van der Waals surface area contributed by atoms with E-state index in [1.54, 1.807) is 12.1 Å². The first-order chi connectivity index (χ1) is 8.95. The number of aliphatic hydroxyl groups is 1. The fraction of sp³-hybridized carbons (Fsp3) is 0.571. The fourth-order valence-corrected chi connectivity index (χ4v) is 4.59. The van der Waals surface area contributed by atoms with Crippen LogP contribution in [0.2, 0.25) is 0 Å². The lowest BCUT2D eigenvalue weighted by atomic mass is 9.99. The Morgan fingerprint density at radius 1 is 1.37 bits per heavy atom. The summed E-state index contributed by atoms with van der Waals surface area (Å²) in [6.45, 7) is 1.91. The van der Waals surface area contributed by atoms with Gasteiger partial charge in [-0.15, -0.1) is 0 Å². The van der Waals surface area contributed by atoms with Crippen LogP contribution in [0.25, 0.3) is 0 Å². The summed E-state index contributed by atoms with van der Waals surface area (Å²) in [5.41, 5.74) is 1.54. The number of sulfone groups is 1. The average molecular weight is 284 g/mol. The molecule has 0 radical (unpaired) electrons. The molecule has 2 unspecified atom stereocenters. The average Bonchev–Trinajstić information content (AvgIpc) is 2.37. The Morgan fingerprint density at radius 3 is 2.74 bits per heavy atom. The van der Waals surface area contributed by atoms with Gasteiger partial charge in [0.25, 0.3) is 0 Å². The molecule has 1 heterocycles. The second-order valence-electron chi connectivity index (χ2n) is 5.09. The van der Waals surface area contributed by atoms with Gasteiger partial charge in [-0.3, -0.25) is 0 Å². The minimum atomic E-state index is -3.21. The summed E-state index contributed by atoms with van der Waals surface area (Å²) in [6, 6.07) is 5.45. The molecule has 0 saturated carbocycles. The van der Waals surface area contributed by atoms with Gasteiger partial charge < -0.3 is 9.84 Å². The second kappa shape index (κ2) is 5.51. The first-order valence-electron chi connectivity index (χ1n) is 6.50. The zero-order valence-electron chi connectivity index (χ0n) is 11.3. The van der Waals surface area contributed by atoms with Crippen molar-refractivity contribution in [1.82, 2.24) is 0 Å². The molecule has 1 aliphatic rings. The molecule has 1 fully saturated rings. The number of hydrogen-bond donors (Lipinski definition) is 1. The first-order valence-corrected chi connectivity index (χ1v) is 8.21. The summed E-state index contributed by atoms with van der Waals surface area (Å²) in [7, 11) is -1.69. The van der Waals surface area contributed by atoms with E-state index in [0.29, 0.717) is 24.2 Å². The van der Waals surface area contributed by atoms with Gasteiger partial charge >= 0.3 is 0 Å². The molecule has 1 aliphatic heterocycles. The molecule has 2 rings (SSSR count). The Labute approximate surface area is 114 Å². The molecule has 1 saturated heterocycles. The number of hydrogen-bond acceptors (Lipinski definition) is 4. The number of benzene rings is 1. The highest BCUT2D eigenvalue weighted by atomic mass is 32.2. The topological polar surface area (TPSA) is 63.6 Å². The lowest BCUT2D eigenvalue weighted by Gasteiger charge is -2.27. The molecule has 106 valence electrons. The molecule has 1 N–H and O–H groups in total. The van der Waals surface area contributed by atoms with Gasteiger partial charge in [0.2, 0.25) is 0 Å². The number of methoxy groups -OCH3 is 1. The van der Waals surface area contributed by atoms with E-state index >= 15 is 0 Å². The highest BCUT2D eigenvalue weighted by Crippen LogP contribution is 2.35. The van der Waals surface area contributed by atoms with Crippen molar-refractivity contribution in [1.29, 1.82) is 0 Å². The van der Waals surface area contributed by atoms with Crippen molar-refractivity contribution < 1.29 is 18.3 Å². The van der Waals surface area contributed by atoms with Crippen LogP contribution in [0, 0.1) is 6.92 Å². The van der Waals surface area contributed by atoms with Crippen molar-refractivity contribution in [2.24, 2.45) is 0 Å². The lowest BCUT2D eigenvalue weighted by Crippen LogP contribution is -2.34. The van der Waals surface area contributed by atoms with E-state index < -0.39 is 21.2 Å². The highest BCUT2D eigenvalue weighted by Gasteiger charge is 2.36. The number of aliphatic hydroxyl groups excluding tert-OH is 1. The maximum atomic E-state index is 12.1. The molecule has 5 heteroatoms. The lowest BCUT2D eigenvalue weighted by molar-refractivity contribution is 0.160. The summed E-state index contributed by atoms with van der Waals surface area (Å²) >= 11 is 0. The molecule has 0 spiro atoms. The third kappa shape index (κ3) is 2.92. The number of aryl methyl sites for hydroxylation is 1. The van der Waals surface area contributed by atoms with E-state index in [4.69, 9.17) is 4.74 Å². The van der Waals surface area contributed by atoms with E-state index in [2.05, 4.69) is 0 Å². The Bertz CT molecular complexity index is 551. The van der Waals surface area contributed by atoms with Gasteiger partial charge in [0.05, 0.1) is 24.2 Å². The van der Waals surface area contributed by atoms with Gasteiger partial charge in [0.1, 0.15) is 5.75 Å². The van der Waals surface area contributed by atoms with E-state index in [0.717, 1.165) is 12.0 Å². The monoisotopic (exact) mass is 284 g/mol. The molecule has 1 aromatic carbocycles. The zero-order valence-corrected chi connectivity index (χ0v) is 12.1. The predicted molar refractivity (Wildman–Crippen MR) is 74.1 cm³/mol. The normalized spacial score (nSPS) is 23.8. The van der Waals surface area contributed by atoms with Crippen LogP contribution in [0.3, 0.4) is 0 Å². The minimum absolute atomic E-state index is 0.170. The molecule has 1 aromatic rings. The molecule has 0 bridgehead atoms. The zero-order chi connectivity index (χ0) is 14.0. The van der Waals surface area contributed by atoms with E-state index in [1.165, 1.54) is 7.11 Å². The van der Waals surface area contributed by atoms with Gasteiger partial charge in [-0.05, 0) is 31.9 Å². The van der Waals surface area contributed by atoms with Gasteiger partial charge in [-0.2, -0.15) is 0 Å². The van der Waals surface area contributed by atoms with Gasteiger partial charge in [0.15, 0.2) is 9.84 Å². The van der Waals surface area contributed by atoms with E-state index in [1.807, 2.05) is 13.0 Å². The summed E-state index contributed by atoms with van der Waals surface area (Å²) in [4.78, 5) is 0. The Kier molecular flexibility index (Phi) is 4.16. The van der Waals surface area contributed by atoms with Crippen molar-refractivity contribution in [2.75, 3.05) is 12.9 Å².